The molecule has 0 spiro atoms. The van der Waals surface area contributed by atoms with E-state index in [0.717, 1.165) is 40.8 Å². The summed E-state index contributed by atoms with van der Waals surface area (Å²) >= 11 is 1.10. The Balaban J connectivity index is 1.33. The summed E-state index contributed by atoms with van der Waals surface area (Å²) in [5.74, 6) is 0.333. The van der Waals surface area contributed by atoms with Crippen molar-refractivity contribution in [1.82, 2.24) is 0 Å². The zero-order chi connectivity index (χ0) is 25.8. The van der Waals surface area contributed by atoms with E-state index < -0.39 is 21.4 Å². The lowest BCUT2D eigenvalue weighted by Crippen LogP contribution is -2.29. The number of benzene rings is 3. The minimum absolute atomic E-state index is 0.256. The topological polar surface area (TPSA) is 96.9 Å². The SMILES string of the molecule is O=C1N=C(Nc2ccc(NS(=O)(=O)C(F)(F)F)cc2)S/C1=C\c1ccc(COc2ccccc2)cc1. The maximum absolute atomic E-state index is 12.5. The van der Waals surface area contributed by atoms with Gasteiger partial charge in [-0.2, -0.15) is 26.6 Å². The first kappa shape index (κ1) is 25.3. The number of rotatable bonds is 7. The number of carbonyl (C=O) groups excluding carboxylic acids is 1. The van der Waals surface area contributed by atoms with Crippen molar-refractivity contribution >= 4 is 50.3 Å². The summed E-state index contributed by atoms with van der Waals surface area (Å²) < 4.78 is 67.0. The molecule has 0 saturated heterocycles. The molecule has 0 radical (unpaired) electrons. The Kier molecular flexibility index (Phi) is 7.36. The Morgan fingerprint density at radius 2 is 1.56 bits per heavy atom. The summed E-state index contributed by atoms with van der Waals surface area (Å²) in [6.07, 6.45) is 1.70. The monoisotopic (exact) mass is 533 g/mol. The van der Waals surface area contributed by atoms with Gasteiger partial charge in [0.05, 0.1) is 4.91 Å². The number of halogens is 3. The third kappa shape index (κ3) is 6.46. The maximum atomic E-state index is 12.5. The smallest absolute Gasteiger partial charge is 0.489 e. The number of thioether (sulfide) groups is 1. The minimum atomic E-state index is -5.51. The van der Waals surface area contributed by atoms with Gasteiger partial charge in [0.25, 0.3) is 5.91 Å². The van der Waals surface area contributed by atoms with Crippen LogP contribution in [0.5, 0.6) is 5.75 Å². The number of amides is 1. The highest BCUT2D eigenvalue weighted by Gasteiger charge is 2.46. The molecule has 0 aromatic heterocycles. The number of hydrogen-bond acceptors (Lipinski definition) is 6. The fourth-order valence-electron chi connectivity index (χ4n) is 2.97. The number of anilines is 2. The summed E-state index contributed by atoms with van der Waals surface area (Å²) in [5.41, 5.74) is -3.50. The van der Waals surface area contributed by atoms with Gasteiger partial charge in [-0.1, -0.05) is 42.5 Å². The molecule has 1 heterocycles. The first-order valence-electron chi connectivity index (χ1n) is 10.3. The predicted octanol–water partition coefficient (Wildman–Crippen LogP) is 5.61. The van der Waals surface area contributed by atoms with Crippen molar-refractivity contribution < 1.29 is 31.1 Å². The van der Waals surface area contributed by atoms with E-state index in [2.05, 4.69) is 10.3 Å². The lowest BCUT2D eigenvalue weighted by Gasteiger charge is -2.11. The molecule has 12 heteroatoms. The molecule has 1 amide bonds. The second-order valence-electron chi connectivity index (χ2n) is 7.43. The molecule has 0 unspecified atom stereocenters. The van der Waals surface area contributed by atoms with E-state index in [1.165, 1.54) is 16.9 Å². The van der Waals surface area contributed by atoms with Gasteiger partial charge in [-0.05, 0) is 65.4 Å². The van der Waals surface area contributed by atoms with Crippen molar-refractivity contribution in [3.8, 4) is 5.75 Å². The van der Waals surface area contributed by atoms with Crippen LogP contribution in [-0.4, -0.2) is 25.0 Å². The number of para-hydroxylation sites is 1. The number of alkyl halides is 3. The van der Waals surface area contributed by atoms with E-state index in [1.807, 2.05) is 54.6 Å². The molecule has 3 aromatic carbocycles. The predicted molar refractivity (Wildman–Crippen MR) is 134 cm³/mol. The van der Waals surface area contributed by atoms with Crippen LogP contribution in [0.2, 0.25) is 0 Å². The van der Waals surface area contributed by atoms with Gasteiger partial charge in [-0.15, -0.1) is 0 Å². The number of ether oxygens (including phenoxy) is 1. The summed E-state index contributed by atoms with van der Waals surface area (Å²) in [7, 11) is -5.51. The largest absolute Gasteiger partial charge is 0.516 e. The van der Waals surface area contributed by atoms with Crippen LogP contribution in [-0.2, 0) is 21.4 Å². The number of amidine groups is 1. The second-order valence-corrected chi connectivity index (χ2v) is 10.1. The van der Waals surface area contributed by atoms with E-state index >= 15 is 0 Å². The summed E-state index contributed by atoms with van der Waals surface area (Å²) in [6, 6.07) is 22.0. The van der Waals surface area contributed by atoms with Crippen molar-refractivity contribution in [3.63, 3.8) is 0 Å². The van der Waals surface area contributed by atoms with E-state index in [0.29, 0.717) is 17.2 Å². The van der Waals surface area contributed by atoms with Crippen molar-refractivity contribution in [2.75, 3.05) is 10.0 Å². The number of nitrogens with one attached hydrogen (secondary N) is 2. The third-order valence-electron chi connectivity index (χ3n) is 4.74. The van der Waals surface area contributed by atoms with Gasteiger partial charge in [-0.25, -0.2) is 0 Å². The molecular weight excluding hydrogens is 515 g/mol. The highest BCUT2D eigenvalue weighted by Crippen LogP contribution is 2.30. The molecule has 1 aliphatic rings. The molecule has 3 aromatic rings. The lowest BCUT2D eigenvalue weighted by molar-refractivity contribution is -0.113. The Bertz CT molecular complexity index is 1410. The average molecular weight is 534 g/mol. The zero-order valence-corrected chi connectivity index (χ0v) is 20.0. The molecular formula is C24H18F3N3O4S2. The molecule has 4 rings (SSSR count). The molecule has 0 fully saturated rings. The fraction of sp³-hybridized carbons (Fsp3) is 0.0833. The molecule has 0 saturated carbocycles. The maximum Gasteiger partial charge on any atom is 0.516 e. The molecule has 0 atom stereocenters. The second kappa shape index (κ2) is 10.5. The Hall–Kier alpha value is -3.77. The van der Waals surface area contributed by atoms with Crippen molar-refractivity contribution in [3.05, 3.63) is 94.9 Å². The Morgan fingerprint density at radius 1 is 0.917 bits per heavy atom. The van der Waals surface area contributed by atoms with Crippen molar-refractivity contribution in [2.24, 2.45) is 4.99 Å². The van der Waals surface area contributed by atoms with Crippen molar-refractivity contribution in [2.45, 2.75) is 12.1 Å². The van der Waals surface area contributed by atoms with Crippen LogP contribution in [0.3, 0.4) is 0 Å². The normalized spacial score (nSPS) is 15.0. The molecule has 0 bridgehead atoms. The van der Waals surface area contributed by atoms with E-state index in [9.17, 15) is 26.4 Å². The van der Waals surface area contributed by atoms with Gasteiger partial charge in [0.1, 0.15) is 12.4 Å². The van der Waals surface area contributed by atoms with Gasteiger partial charge in [0, 0.05) is 11.4 Å². The summed E-state index contributed by atoms with van der Waals surface area (Å²) in [6.45, 7) is 0.405. The standard InChI is InChI=1S/C24H18F3N3O4S2/c25-24(26,27)36(32,33)30-19-12-10-18(11-13-19)28-23-29-22(31)21(35-23)14-16-6-8-17(9-7-16)15-34-20-4-2-1-3-5-20/h1-14,30H,15H2,(H,28,29,31)/b21-14-. The van der Waals surface area contributed by atoms with Crippen molar-refractivity contribution in [1.29, 1.82) is 0 Å². The average Bonchev–Trinajstić information content (AvgIpc) is 3.18. The van der Waals surface area contributed by atoms with Gasteiger partial charge in [0.15, 0.2) is 5.17 Å². The first-order valence-corrected chi connectivity index (χ1v) is 12.6. The molecule has 36 heavy (non-hydrogen) atoms. The van der Waals surface area contributed by atoms with Crippen LogP contribution < -0.4 is 14.8 Å². The molecule has 186 valence electrons. The van der Waals surface area contributed by atoms with Gasteiger partial charge in [0.2, 0.25) is 0 Å². The number of aliphatic imine (C=N–C) groups is 1. The van der Waals surface area contributed by atoms with Crippen LogP contribution in [0, 0.1) is 0 Å². The molecule has 0 aliphatic carbocycles. The van der Waals surface area contributed by atoms with E-state index in [-0.39, 0.29) is 10.9 Å². The first-order chi connectivity index (χ1) is 17.1. The van der Waals surface area contributed by atoms with E-state index in [4.69, 9.17) is 4.74 Å². The van der Waals surface area contributed by atoms with Gasteiger partial charge >= 0.3 is 15.5 Å². The highest BCUT2D eigenvalue weighted by molar-refractivity contribution is 8.18. The highest BCUT2D eigenvalue weighted by atomic mass is 32.2. The van der Waals surface area contributed by atoms with Crippen LogP contribution in [0.25, 0.3) is 6.08 Å². The third-order valence-corrected chi connectivity index (χ3v) is 6.75. The van der Waals surface area contributed by atoms with Gasteiger partial charge in [-0.3, -0.25) is 9.52 Å². The molecule has 1 aliphatic heterocycles. The number of hydrogen-bond donors (Lipinski definition) is 2. The van der Waals surface area contributed by atoms with Crippen LogP contribution >= 0.6 is 11.8 Å². The number of sulfonamides is 1. The minimum Gasteiger partial charge on any atom is -0.489 e. The summed E-state index contributed by atoms with van der Waals surface area (Å²) in [4.78, 5) is 16.6. The summed E-state index contributed by atoms with van der Waals surface area (Å²) in [5, 5.41) is 3.16. The van der Waals surface area contributed by atoms with E-state index in [1.54, 1.807) is 6.08 Å². The molecule has 2 N–H and O–H groups in total. The zero-order valence-electron chi connectivity index (χ0n) is 18.3. The Labute approximate surface area is 209 Å². The molecule has 7 nitrogen and oxygen atoms in total. The quantitative estimate of drug-likeness (QED) is 0.383. The number of nitrogens with zero attached hydrogens (tertiary/aromatic N) is 1. The number of carbonyl (C=O) groups is 1. The lowest BCUT2D eigenvalue weighted by atomic mass is 10.1. The van der Waals surface area contributed by atoms with Crippen LogP contribution in [0.15, 0.2) is 88.8 Å². The fourth-order valence-corrected chi connectivity index (χ4v) is 4.36. The Morgan fingerprint density at radius 3 is 2.19 bits per heavy atom. The van der Waals surface area contributed by atoms with Gasteiger partial charge < -0.3 is 10.1 Å². The van der Waals surface area contributed by atoms with Crippen LogP contribution in [0.4, 0.5) is 24.5 Å². The van der Waals surface area contributed by atoms with Crippen LogP contribution in [0.1, 0.15) is 11.1 Å².